The van der Waals surface area contributed by atoms with E-state index in [2.05, 4.69) is 0 Å². The lowest BCUT2D eigenvalue weighted by molar-refractivity contribution is -0.371. The van der Waals surface area contributed by atoms with E-state index in [1.165, 1.54) is 0 Å². The molecule has 1 unspecified atom stereocenters. The van der Waals surface area contributed by atoms with E-state index in [-0.39, 0.29) is 6.61 Å². The lowest BCUT2D eigenvalue weighted by Gasteiger charge is -2.47. The average Bonchev–Trinajstić information content (AvgIpc) is 3.46. The fourth-order valence-electron chi connectivity index (χ4n) is 5.46. The van der Waals surface area contributed by atoms with E-state index in [9.17, 15) is 10.2 Å². The first-order valence-electron chi connectivity index (χ1n) is 12.4. The monoisotopic (exact) mass is 510 g/mol. The van der Waals surface area contributed by atoms with Crippen LogP contribution in [0.3, 0.4) is 0 Å². The van der Waals surface area contributed by atoms with Crippen molar-refractivity contribution in [1.29, 1.82) is 0 Å². The van der Waals surface area contributed by atoms with Gasteiger partial charge in [-0.15, -0.1) is 0 Å². The van der Waals surface area contributed by atoms with Crippen LogP contribution in [0.15, 0.2) is 30.3 Å². The summed E-state index contributed by atoms with van der Waals surface area (Å²) in [4.78, 5) is 0. The third kappa shape index (κ3) is 4.61. The molecule has 0 saturated carbocycles. The van der Waals surface area contributed by atoms with Gasteiger partial charge < -0.3 is 52.8 Å². The predicted molar refractivity (Wildman–Crippen MR) is 119 cm³/mol. The van der Waals surface area contributed by atoms with Crippen LogP contribution in [-0.4, -0.2) is 96.4 Å². The van der Waals surface area contributed by atoms with Crippen LogP contribution in [0.5, 0.6) is 0 Å². The van der Waals surface area contributed by atoms with E-state index in [0.717, 1.165) is 5.56 Å². The van der Waals surface area contributed by atoms with Gasteiger partial charge in [-0.25, -0.2) is 0 Å². The van der Waals surface area contributed by atoms with E-state index in [1.54, 1.807) is 13.8 Å². The predicted octanol–water partition coefficient (Wildman–Crippen LogP) is 0.960. The van der Waals surface area contributed by atoms with Gasteiger partial charge in [-0.05, 0) is 27.7 Å². The standard InChI is InChI=1S/C25H34O11/c1-24(2)29-11-14(34-24)18-19(20-23(32-18)36-25(3,4)35-20)33-22-16(27)15(26)17-13(30-22)10-28-21(31-17)12-8-6-5-7-9-12/h5-9,13-23,26-27H,10-11H2,1-4H3/t13-,14-,15-,16-,17-,18-,19+,20-,21?,22+,23-/m1/s1. The highest BCUT2D eigenvalue weighted by atomic mass is 16.9. The summed E-state index contributed by atoms with van der Waals surface area (Å²) in [6.07, 6.45) is -8.98. The second-order valence-electron chi connectivity index (χ2n) is 10.7. The molecule has 6 rings (SSSR count). The van der Waals surface area contributed by atoms with Gasteiger partial charge in [-0.3, -0.25) is 0 Å². The molecule has 0 spiro atoms. The number of hydrogen-bond donors (Lipinski definition) is 2. The van der Waals surface area contributed by atoms with Gasteiger partial charge in [-0.2, -0.15) is 0 Å². The van der Waals surface area contributed by atoms with Crippen LogP contribution in [-0.2, 0) is 42.6 Å². The highest BCUT2D eigenvalue weighted by Crippen LogP contribution is 2.43. The fourth-order valence-corrected chi connectivity index (χ4v) is 5.46. The molecule has 0 bridgehead atoms. The first-order valence-corrected chi connectivity index (χ1v) is 12.4. The van der Waals surface area contributed by atoms with Crippen molar-refractivity contribution in [3.63, 3.8) is 0 Å². The largest absolute Gasteiger partial charge is 0.387 e. The van der Waals surface area contributed by atoms with Crippen molar-refractivity contribution in [2.45, 2.75) is 107 Å². The number of rotatable bonds is 4. The number of benzene rings is 1. The zero-order valence-electron chi connectivity index (χ0n) is 20.7. The Bertz CT molecular complexity index is 924. The van der Waals surface area contributed by atoms with Crippen LogP contribution in [0.1, 0.15) is 39.5 Å². The van der Waals surface area contributed by atoms with E-state index in [1.807, 2.05) is 44.2 Å². The van der Waals surface area contributed by atoms with Crippen molar-refractivity contribution < 1.29 is 52.8 Å². The highest BCUT2D eigenvalue weighted by Gasteiger charge is 2.61. The summed E-state index contributed by atoms with van der Waals surface area (Å²) >= 11 is 0. The molecular formula is C25H34O11. The summed E-state index contributed by atoms with van der Waals surface area (Å²) < 4.78 is 54.1. The summed E-state index contributed by atoms with van der Waals surface area (Å²) in [6, 6.07) is 9.41. The zero-order valence-corrected chi connectivity index (χ0v) is 20.7. The molecule has 0 aliphatic carbocycles. The molecule has 11 atom stereocenters. The Hall–Kier alpha value is -1.22. The zero-order chi connectivity index (χ0) is 25.2. The second-order valence-corrected chi connectivity index (χ2v) is 10.7. The maximum absolute atomic E-state index is 11.0. The Morgan fingerprint density at radius 1 is 0.778 bits per heavy atom. The lowest BCUT2D eigenvalue weighted by Crippen LogP contribution is -2.63. The fraction of sp³-hybridized carbons (Fsp3) is 0.760. The summed E-state index contributed by atoms with van der Waals surface area (Å²) in [5, 5.41) is 22.0. The summed E-state index contributed by atoms with van der Waals surface area (Å²) in [5.41, 5.74) is 0.815. The number of hydrogen-bond acceptors (Lipinski definition) is 11. The first-order chi connectivity index (χ1) is 17.1. The normalized spacial score (nSPS) is 47.4. The molecule has 5 heterocycles. The van der Waals surface area contributed by atoms with Crippen molar-refractivity contribution in [2.75, 3.05) is 13.2 Å². The molecule has 1 aromatic rings. The molecule has 11 nitrogen and oxygen atoms in total. The average molecular weight is 511 g/mol. The summed E-state index contributed by atoms with van der Waals surface area (Å²) in [5.74, 6) is -1.64. The Balaban J connectivity index is 1.18. The molecule has 5 aliphatic heterocycles. The third-order valence-electron chi connectivity index (χ3n) is 7.12. The van der Waals surface area contributed by atoms with Crippen molar-refractivity contribution in [3.8, 4) is 0 Å². The minimum atomic E-state index is -1.38. The topological polar surface area (TPSA) is 124 Å². The van der Waals surface area contributed by atoms with Crippen LogP contribution in [0, 0.1) is 0 Å². The number of aliphatic hydroxyl groups excluding tert-OH is 2. The van der Waals surface area contributed by atoms with Gasteiger partial charge in [0.05, 0.1) is 13.2 Å². The van der Waals surface area contributed by atoms with Crippen molar-refractivity contribution in [3.05, 3.63) is 35.9 Å². The Kier molecular flexibility index (Phi) is 6.42. The van der Waals surface area contributed by atoms with Gasteiger partial charge in [0.15, 0.2) is 30.4 Å². The van der Waals surface area contributed by atoms with Crippen molar-refractivity contribution >= 4 is 0 Å². The number of aliphatic hydroxyl groups is 2. The quantitative estimate of drug-likeness (QED) is 0.602. The molecular weight excluding hydrogens is 476 g/mol. The molecule has 200 valence electrons. The van der Waals surface area contributed by atoms with Gasteiger partial charge in [0, 0.05) is 5.56 Å². The minimum absolute atomic E-state index is 0.158. The second kappa shape index (κ2) is 9.21. The SMILES string of the molecule is CC1(C)O[C@H]2O[C@H]([C@H]3COC(C)(C)O3)[C@H](O[C@@H]3O[C@@H]4COC(c5ccccc5)O[C@H]4[C@H](O)[C@H]3O)[C@H]2O1. The Labute approximate surface area is 209 Å². The molecule has 0 aromatic heterocycles. The van der Waals surface area contributed by atoms with Gasteiger partial charge in [0.25, 0.3) is 0 Å². The molecule has 1 aromatic carbocycles. The molecule has 0 amide bonds. The molecule has 36 heavy (non-hydrogen) atoms. The van der Waals surface area contributed by atoms with E-state index < -0.39 is 79.3 Å². The maximum atomic E-state index is 11.0. The van der Waals surface area contributed by atoms with Gasteiger partial charge in [0.1, 0.15) is 48.8 Å². The molecule has 11 heteroatoms. The van der Waals surface area contributed by atoms with Crippen molar-refractivity contribution in [1.82, 2.24) is 0 Å². The summed E-state index contributed by atoms with van der Waals surface area (Å²) in [7, 11) is 0. The van der Waals surface area contributed by atoms with Gasteiger partial charge in [0.2, 0.25) is 0 Å². The van der Waals surface area contributed by atoms with Crippen LogP contribution in [0.2, 0.25) is 0 Å². The van der Waals surface area contributed by atoms with Gasteiger partial charge in [-0.1, -0.05) is 30.3 Å². The third-order valence-corrected chi connectivity index (χ3v) is 7.12. The number of fused-ring (bicyclic) bond motifs is 2. The maximum Gasteiger partial charge on any atom is 0.190 e. The Morgan fingerprint density at radius 3 is 2.28 bits per heavy atom. The smallest absolute Gasteiger partial charge is 0.190 e. The summed E-state index contributed by atoms with van der Waals surface area (Å²) in [6.45, 7) is 7.68. The van der Waals surface area contributed by atoms with Crippen LogP contribution >= 0.6 is 0 Å². The van der Waals surface area contributed by atoms with Crippen LogP contribution in [0.25, 0.3) is 0 Å². The van der Waals surface area contributed by atoms with Gasteiger partial charge >= 0.3 is 0 Å². The molecule has 5 aliphatic rings. The van der Waals surface area contributed by atoms with Crippen molar-refractivity contribution in [2.24, 2.45) is 0 Å². The van der Waals surface area contributed by atoms with E-state index >= 15 is 0 Å². The molecule has 5 fully saturated rings. The van der Waals surface area contributed by atoms with Crippen LogP contribution < -0.4 is 0 Å². The lowest BCUT2D eigenvalue weighted by atomic mass is 9.97. The molecule has 2 N–H and O–H groups in total. The van der Waals surface area contributed by atoms with E-state index in [0.29, 0.717) is 6.61 Å². The molecule has 5 saturated heterocycles. The highest BCUT2D eigenvalue weighted by molar-refractivity contribution is 5.16. The minimum Gasteiger partial charge on any atom is -0.387 e. The van der Waals surface area contributed by atoms with E-state index in [4.69, 9.17) is 42.6 Å². The van der Waals surface area contributed by atoms with Crippen LogP contribution in [0.4, 0.5) is 0 Å². The molecule has 0 radical (unpaired) electrons. The first kappa shape index (κ1) is 25.1. The number of ether oxygens (including phenoxy) is 9. The Morgan fingerprint density at radius 2 is 1.56 bits per heavy atom.